The van der Waals surface area contributed by atoms with Crippen molar-refractivity contribution < 1.29 is 0 Å². The van der Waals surface area contributed by atoms with E-state index < -0.39 is 0 Å². The summed E-state index contributed by atoms with van der Waals surface area (Å²) in [6.45, 7) is 2.17. The van der Waals surface area contributed by atoms with Crippen molar-refractivity contribution in [3.63, 3.8) is 0 Å². The van der Waals surface area contributed by atoms with Gasteiger partial charge in [-0.3, -0.25) is 4.79 Å². The Hall–Kier alpha value is -1.57. The van der Waals surface area contributed by atoms with Crippen LogP contribution in [0.1, 0.15) is 25.3 Å². The zero-order valence-electron chi connectivity index (χ0n) is 8.92. The molecular weight excluding hydrogens is 186 g/mol. The van der Waals surface area contributed by atoms with Crippen LogP contribution in [-0.2, 0) is 6.42 Å². The van der Waals surface area contributed by atoms with Gasteiger partial charge in [-0.2, -0.15) is 0 Å². The van der Waals surface area contributed by atoms with E-state index in [2.05, 4.69) is 18.0 Å². The fraction of sp³-hybridized carbons (Fsp3) is 0.308. The van der Waals surface area contributed by atoms with Gasteiger partial charge in [0.1, 0.15) is 0 Å². The van der Waals surface area contributed by atoms with Crippen LogP contribution < -0.4 is 5.43 Å². The molecule has 1 N–H and O–H groups in total. The summed E-state index contributed by atoms with van der Waals surface area (Å²) in [6, 6.07) is 7.66. The number of aromatic nitrogens is 1. The highest BCUT2D eigenvalue weighted by Gasteiger charge is 1.99. The summed E-state index contributed by atoms with van der Waals surface area (Å²) in [5.41, 5.74) is 2.27. The Balaban J connectivity index is 2.45. The second-order valence-electron chi connectivity index (χ2n) is 3.83. The van der Waals surface area contributed by atoms with E-state index in [1.807, 2.05) is 12.1 Å². The number of hydrogen-bond acceptors (Lipinski definition) is 1. The van der Waals surface area contributed by atoms with Crippen molar-refractivity contribution in [3.8, 4) is 0 Å². The fourth-order valence-electron chi connectivity index (χ4n) is 1.75. The van der Waals surface area contributed by atoms with Crippen molar-refractivity contribution in [2.45, 2.75) is 26.2 Å². The summed E-state index contributed by atoms with van der Waals surface area (Å²) in [5, 5.41) is 0.797. The van der Waals surface area contributed by atoms with E-state index in [1.165, 1.54) is 18.4 Å². The zero-order valence-corrected chi connectivity index (χ0v) is 8.92. The number of aryl methyl sites for hydroxylation is 1. The summed E-state index contributed by atoms with van der Waals surface area (Å²) < 4.78 is 0. The van der Waals surface area contributed by atoms with Crippen molar-refractivity contribution in [3.05, 3.63) is 46.2 Å². The van der Waals surface area contributed by atoms with E-state index in [1.54, 1.807) is 12.3 Å². The number of nitrogens with one attached hydrogen (secondary N) is 1. The molecule has 1 heterocycles. The van der Waals surface area contributed by atoms with Gasteiger partial charge in [-0.05, 0) is 30.5 Å². The van der Waals surface area contributed by atoms with Crippen LogP contribution in [0.5, 0.6) is 0 Å². The molecule has 0 atom stereocenters. The van der Waals surface area contributed by atoms with Crippen LogP contribution in [0.3, 0.4) is 0 Å². The lowest BCUT2D eigenvalue weighted by atomic mass is 10.1. The monoisotopic (exact) mass is 201 g/mol. The maximum Gasteiger partial charge on any atom is 0.189 e. The number of pyridine rings is 1. The number of hydrogen-bond donors (Lipinski definition) is 1. The minimum Gasteiger partial charge on any atom is -0.361 e. The lowest BCUT2D eigenvalue weighted by Crippen LogP contribution is -2.00. The molecule has 0 aliphatic carbocycles. The molecule has 0 aliphatic heterocycles. The lowest BCUT2D eigenvalue weighted by molar-refractivity contribution is 0.796. The standard InChI is InChI=1S/C13H15NO/c1-2-3-4-10-5-6-12-11(9-10)13(15)7-8-14-12/h5-9H,2-4H2,1H3,(H,14,15). The van der Waals surface area contributed by atoms with Crippen molar-refractivity contribution in [1.82, 2.24) is 4.98 Å². The molecule has 2 rings (SSSR count). The maximum atomic E-state index is 11.6. The van der Waals surface area contributed by atoms with E-state index in [0.717, 1.165) is 17.3 Å². The molecule has 0 amide bonds. The van der Waals surface area contributed by atoms with E-state index in [9.17, 15) is 4.79 Å². The first-order valence-corrected chi connectivity index (χ1v) is 5.41. The normalized spacial score (nSPS) is 10.7. The van der Waals surface area contributed by atoms with Crippen LogP contribution >= 0.6 is 0 Å². The topological polar surface area (TPSA) is 32.9 Å². The van der Waals surface area contributed by atoms with Crippen LogP contribution in [0.25, 0.3) is 10.9 Å². The quantitative estimate of drug-likeness (QED) is 0.813. The van der Waals surface area contributed by atoms with Crippen molar-refractivity contribution >= 4 is 10.9 Å². The molecule has 0 spiro atoms. The SMILES string of the molecule is CCCCc1ccc2[nH]ccc(=O)c2c1. The van der Waals surface area contributed by atoms with Crippen molar-refractivity contribution in [2.24, 2.45) is 0 Å². The molecule has 0 bridgehead atoms. The van der Waals surface area contributed by atoms with Crippen molar-refractivity contribution in [2.75, 3.05) is 0 Å². The molecule has 78 valence electrons. The van der Waals surface area contributed by atoms with Gasteiger partial charge in [-0.1, -0.05) is 19.4 Å². The van der Waals surface area contributed by atoms with Crippen LogP contribution in [-0.4, -0.2) is 4.98 Å². The first kappa shape index (κ1) is 9.97. The van der Waals surface area contributed by atoms with E-state index in [4.69, 9.17) is 0 Å². The van der Waals surface area contributed by atoms with Gasteiger partial charge < -0.3 is 4.98 Å². The summed E-state index contributed by atoms with van der Waals surface area (Å²) in [6.07, 6.45) is 5.11. The Bertz CT molecular complexity index is 513. The molecule has 15 heavy (non-hydrogen) atoms. The average molecular weight is 201 g/mol. The smallest absolute Gasteiger partial charge is 0.189 e. The Kier molecular flexibility index (Phi) is 2.86. The summed E-state index contributed by atoms with van der Waals surface area (Å²) >= 11 is 0. The lowest BCUT2D eigenvalue weighted by Gasteiger charge is -2.02. The predicted octanol–water partition coefficient (Wildman–Crippen LogP) is 2.87. The molecule has 2 aromatic rings. The van der Waals surface area contributed by atoms with Gasteiger partial charge in [0.2, 0.25) is 0 Å². The number of fused-ring (bicyclic) bond motifs is 1. The number of H-pyrrole nitrogens is 1. The number of benzene rings is 1. The summed E-state index contributed by atoms with van der Waals surface area (Å²) in [5.74, 6) is 0. The number of rotatable bonds is 3. The van der Waals surface area contributed by atoms with Gasteiger partial charge in [-0.15, -0.1) is 0 Å². The molecule has 1 aromatic heterocycles. The third kappa shape index (κ3) is 2.09. The third-order valence-electron chi connectivity index (χ3n) is 2.64. The molecular formula is C13H15NO. The highest BCUT2D eigenvalue weighted by atomic mass is 16.1. The van der Waals surface area contributed by atoms with Crippen LogP contribution in [0.4, 0.5) is 0 Å². The average Bonchev–Trinajstić information content (AvgIpc) is 2.27. The van der Waals surface area contributed by atoms with Gasteiger partial charge in [0.15, 0.2) is 5.43 Å². The Morgan fingerprint density at radius 1 is 1.27 bits per heavy atom. The molecule has 0 radical (unpaired) electrons. The van der Waals surface area contributed by atoms with E-state index in [-0.39, 0.29) is 5.43 Å². The van der Waals surface area contributed by atoms with Crippen molar-refractivity contribution in [1.29, 1.82) is 0 Å². The third-order valence-corrected chi connectivity index (χ3v) is 2.64. The van der Waals surface area contributed by atoms with E-state index in [0.29, 0.717) is 0 Å². The van der Waals surface area contributed by atoms with Gasteiger partial charge >= 0.3 is 0 Å². The largest absolute Gasteiger partial charge is 0.361 e. The summed E-state index contributed by atoms with van der Waals surface area (Å²) in [7, 11) is 0. The second kappa shape index (κ2) is 4.30. The molecule has 0 unspecified atom stereocenters. The Morgan fingerprint density at radius 2 is 2.13 bits per heavy atom. The van der Waals surface area contributed by atoms with Gasteiger partial charge in [0.25, 0.3) is 0 Å². The minimum atomic E-state index is 0.0992. The highest BCUT2D eigenvalue weighted by Crippen LogP contribution is 2.12. The molecule has 0 aliphatic rings. The maximum absolute atomic E-state index is 11.6. The Labute approximate surface area is 89.0 Å². The van der Waals surface area contributed by atoms with E-state index >= 15 is 0 Å². The van der Waals surface area contributed by atoms with Crippen LogP contribution in [0, 0.1) is 0 Å². The molecule has 0 fully saturated rings. The Morgan fingerprint density at radius 3 is 2.93 bits per heavy atom. The fourth-order valence-corrected chi connectivity index (χ4v) is 1.75. The number of unbranched alkanes of at least 4 members (excludes halogenated alkanes) is 1. The number of aromatic amines is 1. The first-order chi connectivity index (χ1) is 7.31. The predicted molar refractivity (Wildman–Crippen MR) is 63.2 cm³/mol. The molecule has 0 saturated heterocycles. The van der Waals surface area contributed by atoms with Gasteiger partial charge in [0.05, 0.1) is 0 Å². The zero-order chi connectivity index (χ0) is 10.7. The molecule has 2 heteroatoms. The first-order valence-electron chi connectivity index (χ1n) is 5.41. The van der Waals surface area contributed by atoms with Crippen LogP contribution in [0.15, 0.2) is 35.3 Å². The second-order valence-corrected chi connectivity index (χ2v) is 3.83. The van der Waals surface area contributed by atoms with Crippen LogP contribution in [0.2, 0.25) is 0 Å². The minimum absolute atomic E-state index is 0.0992. The van der Waals surface area contributed by atoms with Gasteiger partial charge in [0, 0.05) is 23.2 Å². The molecule has 2 nitrogen and oxygen atoms in total. The summed E-state index contributed by atoms with van der Waals surface area (Å²) in [4.78, 5) is 14.7. The molecule has 1 aromatic carbocycles. The highest BCUT2D eigenvalue weighted by molar-refractivity contribution is 5.78. The molecule has 0 saturated carbocycles. The van der Waals surface area contributed by atoms with Gasteiger partial charge in [-0.25, -0.2) is 0 Å².